The van der Waals surface area contributed by atoms with Crippen molar-refractivity contribution in [2.24, 2.45) is 11.3 Å². The smallest absolute Gasteiger partial charge is 0.260 e. The van der Waals surface area contributed by atoms with E-state index in [1.807, 2.05) is 4.90 Å². The fraction of sp³-hybridized carbons (Fsp3) is 0.875. The Kier molecular flexibility index (Phi) is 3.91. The summed E-state index contributed by atoms with van der Waals surface area (Å²) in [7, 11) is 1.68. The Morgan fingerprint density at radius 3 is 2.32 bits per heavy atom. The lowest BCUT2D eigenvalue weighted by Crippen LogP contribution is -2.49. The second kappa shape index (κ2) is 5.48. The molecule has 0 unspecified atom stereocenters. The predicted molar refractivity (Wildman–Crippen MR) is 78.9 cm³/mol. The molecule has 0 aromatic rings. The van der Waals surface area contributed by atoms with Crippen molar-refractivity contribution in [3.63, 3.8) is 0 Å². The van der Waals surface area contributed by atoms with Crippen molar-refractivity contribution in [2.45, 2.75) is 38.3 Å². The average molecular weight is 312 g/mol. The van der Waals surface area contributed by atoms with Gasteiger partial charge in [-0.15, -0.1) is 0 Å². The summed E-state index contributed by atoms with van der Waals surface area (Å²) in [6, 6.07) is 0. The quantitative estimate of drug-likeness (QED) is 0.787. The van der Waals surface area contributed by atoms with Gasteiger partial charge < -0.3 is 14.5 Å². The van der Waals surface area contributed by atoms with Crippen LogP contribution in [-0.4, -0.2) is 67.2 Å². The molecule has 2 amide bonds. The summed E-state index contributed by atoms with van der Waals surface area (Å²) in [4.78, 5) is 27.4. The van der Waals surface area contributed by atoms with Gasteiger partial charge in [0.15, 0.2) is 5.67 Å². The number of carbonyl (C=O) groups is 2. The minimum atomic E-state index is -1.57. The van der Waals surface area contributed by atoms with Crippen LogP contribution in [-0.2, 0) is 14.3 Å². The summed E-state index contributed by atoms with van der Waals surface area (Å²) in [5.74, 6) is 0.0724. The van der Waals surface area contributed by atoms with Gasteiger partial charge in [-0.05, 0) is 31.1 Å². The van der Waals surface area contributed by atoms with Crippen LogP contribution in [0.2, 0.25) is 0 Å². The van der Waals surface area contributed by atoms with E-state index in [9.17, 15) is 14.0 Å². The summed E-state index contributed by atoms with van der Waals surface area (Å²) in [5.41, 5.74) is -1.55. The third-order valence-electron chi connectivity index (χ3n) is 5.74. The van der Waals surface area contributed by atoms with Crippen molar-refractivity contribution in [1.82, 2.24) is 9.80 Å². The number of alkyl halides is 1. The van der Waals surface area contributed by atoms with Gasteiger partial charge in [-0.2, -0.15) is 0 Å². The van der Waals surface area contributed by atoms with Crippen LogP contribution in [0, 0.1) is 11.3 Å². The van der Waals surface area contributed by atoms with E-state index in [1.54, 1.807) is 18.9 Å². The van der Waals surface area contributed by atoms with E-state index in [0.29, 0.717) is 38.5 Å². The molecule has 3 rings (SSSR count). The highest BCUT2D eigenvalue weighted by molar-refractivity contribution is 5.88. The van der Waals surface area contributed by atoms with Gasteiger partial charge in [0, 0.05) is 46.1 Å². The molecule has 124 valence electrons. The molecule has 5 nitrogen and oxygen atoms in total. The van der Waals surface area contributed by atoms with E-state index in [4.69, 9.17) is 4.74 Å². The normalized spacial score (nSPS) is 29.0. The van der Waals surface area contributed by atoms with Crippen molar-refractivity contribution in [3.05, 3.63) is 0 Å². The molecule has 0 radical (unpaired) electrons. The second-order valence-electron chi connectivity index (χ2n) is 7.17. The third-order valence-corrected chi connectivity index (χ3v) is 5.74. The number of hydrogen-bond donors (Lipinski definition) is 0. The lowest BCUT2D eigenvalue weighted by atomic mass is 9.71. The molecule has 22 heavy (non-hydrogen) atoms. The zero-order valence-corrected chi connectivity index (χ0v) is 13.4. The number of ether oxygens (including phenoxy) is 1. The first-order valence-corrected chi connectivity index (χ1v) is 8.13. The lowest BCUT2D eigenvalue weighted by molar-refractivity contribution is -0.141. The summed E-state index contributed by atoms with van der Waals surface area (Å²) in [5, 5.41) is 0. The monoisotopic (exact) mass is 312 g/mol. The highest BCUT2D eigenvalue weighted by Crippen LogP contribution is 2.47. The SMILES string of the molecule is COC[C@H]1CN(C(C)=O)CC12CCN(C(=O)C1(F)CC1)CC2. The second-order valence-corrected chi connectivity index (χ2v) is 7.17. The molecule has 1 aliphatic carbocycles. The Bertz CT molecular complexity index is 470. The summed E-state index contributed by atoms with van der Waals surface area (Å²) in [6.45, 7) is 4.88. The molecular weight excluding hydrogens is 287 g/mol. The third kappa shape index (κ3) is 2.62. The minimum Gasteiger partial charge on any atom is -0.384 e. The predicted octanol–water partition coefficient (Wildman–Crippen LogP) is 1.22. The van der Waals surface area contributed by atoms with E-state index < -0.39 is 5.67 Å². The van der Waals surface area contributed by atoms with Crippen molar-refractivity contribution < 1.29 is 18.7 Å². The first-order chi connectivity index (χ1) is 10.4. The molecule has 0 aromatic heterocycles. The van der Waals surface area contributed by atoms with Crippen LogP contribution in [0.4, 0.5) is 4.39 Å². The molecule has 3 fully saturated rings. The minimum absolute atomic E-state index is 0.0193. The standard InChI is InChI=1S/C16H25FN2O3/c1-12(20)19-9-13(10-22-2)15(11-19)5-7-18(8-6-15)14(21)16(17)3-4-16/h13H,3-11H2,1-2H3/t13-/m1/s1. The number of piperidine rings is 1. The van der Waals surface area contributed by atoms with Gasteiger partial charge in [0.1, 0.15) is 0 Å². The largest absolute Gasteiger partial charge is 0.384 e. The van der Waals surface area contributed by atoms with E-state index in [1.165, 1.54) is 0 Å². The Labute approximate surface area is 130 Å². The molecular formula is C16H25FN2O3. The van der Waals surface area contributed by atoms with E-state index >= 15 is 0 Å². The average Bonchev–Trinajstić information content (AvgIpc) is 3.15. The molecule has 6 heteroatoms. The summed E-state index contributed by atoms with van der Waals surface area (Å²) in [6.07, 6.45) is 2.40. The highest BCUT2D eigenvalue weighted by Gasteiger charge is 2.55. The van der Waals surface area contributed by atoms with Crippen LogP contribution in [0.1, 0.15) is 32.6 Å². The molecule has 0 aromatic carbocycles. The maximum Gasteiger partial charge on any atom is 0.260 e. The van der Waals surface area contributed by atoms with E-state index in [2.05, 4.69) is 0 Å². The first kappa shape index (κ1) is 15.7. The maximum atomic E-state index is 13.9. The molecule has 2 aliphatic heterocycles. The Morgan fingerprint density at radius 2 is 1.82 bits per heavy atom. The molecule has 0 N–H and O–H groups in total. The van der Waals surface area contributed by atoms with Crippen molar-refractivity contribution in [3.8, 4) is 0 Å². The maximum absolute atomic E-state index is 13.9. The number of likely N-dealkylation sites (tertiary alicyclic amines) is 2. The zero-order chi connectivity index (χ0) is 16.0. The molecule has 1 saturated carbocycles. The van der Waals surface area contributed by atoms with Crippen LogP contribution in [0.25, 0.3) is 0 Å². The number of carbonyl (C=O) groups excluding carboxylic acids is 2. The van der Waals surface area contributed by atoms with Gasteiger partial charge in [-0.3, -0.25) is 9.59 Å². The van der Waals surface area contributed by atoms with Gasteiger partial charge in [0.05, 0.1) is 6.61 Å². The van der Waals surface area contributed by atoms with Crippen molar-refractivity contribution >= 4 is 11.8 Å². The molecule has 3 aliphatic rings. The topological polar surface area (TPSA) is 49.9 Å². The fourth-order valence-electron chi connectivity index (χ4n) is 4.03. The molecule has 2 heterocycles. The van der Waals surface area contributed by atoms with Gasteiger partial charge in [0.2, 0.25) is 5.91 Å². The van der Waals surface area contributed by atoms with Crippen LogP contribution >= 0.6 is 0 Å². The Balaban J connectivity index is 1.66. The lowest BCUT2D eigenvalue weighted by Gasteiger charge is -2.42. The van der Waals surface area contributed by atoms with Gasteiger partial charge in [-0.25, -0.2) is 4.39 Å². The molecule has 1 atom stereocenters. The van der Waals surface area contributed by atoms with Crippen LogP contribution < -0.4 is 0 Å². The van der Waals surface area contributed by atoms with Crippen LogP contribution in [0.5, 0.6) is 0 Å². The summed E-state index contributed by atoms with van der Waals surface area (Å²) < 4.78 is 19.3. The highest BCUT2D eigenvalue weighted by atomic mass is 19.1. The van der Waals surface area contributed by atoms with Crippen molar-refractivity contribution in [2.75, 3.05) is 39.9 Å². The molecule has 0 bridgehead atoms. The molecule has 2 saturated heterocycles. The van der Waals surface area contributed by atoms with Crippen LogP contribution in [0.15, 0.2) is 0 Å². The van der Waals surface area contributed by atoms with Crippen LogP contribution in [0.3, 0.4) is 0 Å². The Morgan fingerprint density at radius 1 is 1.18 bits per heavy atom. The number of methoxy groups -OCH3 is 1. The summed E-state index contributed by atoms with van der Waals surface area (Å²) >= 11 is 0. The van der Waals surface area contributed by atoms with Gasteiger partial charge in [-0.1, -0.05) is 0 Å². The molecule has 1 spiro atoms. The number of hydrogen-bond acceptors (Lipinski definition) is 3. The van der Waals surface area contributed by atoms with Crippen molar-refractivity contribution in [1.29, 1.82) is 0 Å². The number of rotatable bonds is 3. The zero-order valence-electron chi connectivity index (χ0n) is 13.4. The Hall–Kier alpha value is -1.17. The fourth-order valence-corrected chi connectivity index (χ4v) is 4.03. The number of nitrogens with zero attached hydrogens (tertiary/aromatic N) is 2. The van der Waals surface area contributed by atoms with Gasteiger partial charge in [0.25, 0.3) is 5.91 Å². The number of halogens is 1. The van der Waals surface area contributed by atoms with Gasteiger partial charge >= 0.3 is 0 Å². The first-order valence-electron chi connectivity index (χ1n) is 8.13. The van der Waals surface area contributed by atoms with E-state index in [0.717, 1.165) is 25.9 Å². The van der Waals surface area contributed by atoms with E-state index in [-0.39, 0.29) is 17.2 Å². The number of amides is 2.